The number of hydrogen-bond donors (Lipinski definition) is 1. The van der Waals surface area contributed by atoms with E-state index in [-0.39, 0.29) is 12.5 Å². The number of carbonyl (C=O) groups excluding carboxylic acids is 1. The Balaban J connectivity index is 1.76. The van der Waals surface area contributed by atoms with E-state index >= 15 is 0 Å². The van der Waals surface area contributed by atoms with Crippen molar-refractivity contribution >= 4 is 5.91 Å². The summed E-state index contributed by atoms with van der Waals surface area (Å²) < 4.78 is 5.41. The van der Waals surface area contributed by atoms with E-state index < -0.39 is 0 Å². The number of aromatic nitrogens is 1. The quantitative estimate of drug-likeness (QED) is 0.891. The lowest BCUT2D eigenvalue weighted by Crippen LogP contribution is -2.28. The van der Waals surface area contributed by atoms with E-state index in [1.165, 1.54) is 0 Å². The summed E-state index contributed by atoms with van der Waals surface area (Å²) in [5, 5.41) is 2.79. The van der Waals surface area contributed by atoms with Crippen LogP contribution in [0.15, 0.2) is 48.8 Å². The van der Waals surface area contributed by atoms with Crippen molar-refractivity contribution < 1.29 is 9.53 Å². The molecule has 1 N–H and O–H groups in total. The number of nitrogens with one attached hydrogen (secondary N) is 1. The zero-order chi connectivity index (χ0) is 13.5. The Hall–Kier alpha value is -2.36. The molecule has 0 aliphatic carbocycles. The fourth-order valence-corrected chi connectivity index (χ4v) is 1.61. The summed E-state index contributed by atoms with van der Waals surface area (Å²) >= 11 is 0. The fourth-order valence-electron chi connectivity index (χ4n) is 1.61. The van der Waals surface area contributed by atoms with Crippen LogP contribution in [-0.4, -0.2) is 17.5 Å². The molecule has 19 heavy (non-hydrogen) atoms. The number of pyridine rings is 1. The number of hydrogen-bond acceptors (Lipinski definition) is 3. The second-order valence-corrected chi connectivity index (χ2v) is 4.24. The molecule has 0 aliphatic rings. The van der Waals surface area contributed by atoms with Gasteiger partial charge in [-0.25, -0.2) is 0 Å². The predicted octanol–water partition coefficient (Wildman–Crippen LogP) is 2.09. The summed E-state index contributed by atoms with van der Waals surface area (Å²) in [6.45, 7) is 2.49. The minimum absolute atomic E-state index is 0.0224. The average Bonchev–Trinajstić information content (AvgIpc) is 2.44. The van der Waals surface area contributed by atoms with Crippen molar-refractivity contribution in [2.24, 2.45) is 0 Å². The van der Waals surface area contributed by atoms with Crippen molar-refractivity contribution in [3.8, 4) is 5.75 Å². The van der Waals surface area contributed by atoms with Crippen molar-refractivity contribution in [1.29, 1.82) is 0 Å². The number of carbonyl (C=O) groups is 1. The van der Waals surface area contributed by atoms with Crippen LogP contribution in [0.3, 0.4) is 0 Å². The SMILES string of the molecule is Cc1cccc(OCC(=O)NCc2ccncc2)c1. The van der Waals surface area contributed by atoms with Gasteiger partial charge in [0.05, 0.1) is 0 Å². The van der Waals surface area contributed by atoms with Crippen LogP contribution in [0.4, 0.5) is 0 Å². The van der Waals surface area contributed by atoms with Gasteiger partial charge in [0.15, 0.2) is 6.61 Å². The van der Waals surface area contributed by atoms with Gasteiger partial charge in [-0.1, -0.05) is 12.1 Å². The van der Waals surface area contributed by atoms with E-state index in [9.17, 15) is 4.79 Å². The standard InChI is InChI=1S/C15H16N2O2/c1-12-3-2-4-14(9-12)19-11-15(18)17-10-13-5-7-16-8-6-13/h2-9H,10-11H2,1H3,(H,17,18). The van der Waals surface area contributed by atoms with E-state index in [4.69, 9.17) is 4.74 Å². The van der Waals surface area contributed by atoms with Crippen molar-refractivity contribution in [3.05, 3.63) is 59.9 Å². The summed E-state index contributed by atoms with van der Waals surface area (Å²) in [5.41, 5.74) is 2.12. The van der Waals surface area contributed by atoms with Crippen LogP contribution in [0.2, 0.25) is 0 Å². The van der Waals surface area contributed by atoms with Gasteiger partial charge in [-0.15, -0.1) is 0 Å². The van der Waals surface area contributed by atoms with Gasteiger partial charge in [-0.2, -0.15) is 0 Å². The second kappa shape index (κ2) is 6.54. The maximum atomic E-state index is 11.6. The van der Waals surface area contributed by atoms with Gasteiger partial charge in [0.1, 0.15) is 5.75 Å². The van der Waals surface area contributed by atoms with E-state index in [0.29, 0.717) is 12.3 Å². The molecule has 0 saturated carbocycles. The van der Waals surface area contributed by atoms with Crippen LogP contribution in [-0.2, 0) is 11.3 Å². The van der Waals surface area contributed by atoms with Gasteiger partial charge in [0.2, 0.25) is 0 Å². The first-order valence-corrected chi connectivity index (χ1v) is 6.09. The number of benzene rings is 1. The van der Waals surface area contributed by atoms with E-state index in [1.807, 2.05) is 43.3 Å². The maximum absolute atomic E-state index is 11.6. The van der Waals surface area contributed by atoms with Crippen molar-refractivity contribution in [1.82, 2.24) is 10.3 Å². The van der Waals surface area contributed by atoms with Crippen LogP contribution >= 0.6 is 0 Å². The Morgan fingerprint density at radius 1 is 1.26 bits per heavy atom. The van der Waals surface area contributed by atoms with Crippen LogP contribution < -0.4 is 10.1 Å². The molecule has 0 saturated heterocycles. The number of nitrogens with zero attached hydrogens (tertiary/aromatic N) is 1. The minimum Gasteiger partial charge on any atom is -0.484 e. The zero-order valence-electron chi connectivity index (χ0n) is 10.8. The van der Waals surface area contributed by atoms with Gasteiger partial charge in [-0.05, 0) is 42.3 Å². The molecule has 98 valence electrons. The molecule has 0 aliphatic heterocycles. The third-order valence-electron chi connectivity index (χ3n) is 2.60. The molecule has 1 aromatic carbocycles. The van der Waals surface area contributed by atoms with Crippen molar-refractivity contribution in [3.63, 3.8) is 0 Å². The highest BCUT2D eigenvalue weighted by atomic mass is 16.5. The minimum atomic E-state index is -0.140. The zero-order valence-corrected chi connectivity index (χ0v) is 10.8. The molecule has 0 radical (unpaired) electrons. The van der Waals surface area contributed by atoms with Crippen LogP contribution in [0, 0.1) is 6.92 Å². The smallest absolute Gasteiger partial charge is 0.258 e. The Morgan fingerprint density at radius 2 is 2.05 bits per heavy atom. The third-order valence-corrected chi connectivity index (χ3v) is 2.60. The lowest BCUT2D eigenvalue weighted by atomic mass is 10.2. The Morgan fingerprint density at radius 3 is 2.79 bits per heavy atom. The third kappa shape index (κ3) is 4.43. The molecule has 1 heterocycles. The number of amides is 1. The highest BCUT2D eigenvalue weighted by Gasteiger charge is 2.02. The van der Waals surface area contributed by atoms with Crippen LogP contribution in [0.25, 0.3) is 0 Å². The summed E-state index contributed by atoms with van der Waals surface area (Å²) in [7, 11) is 0. The van der Waals surface area contributed by atoms with E-state index in [1.54, 1.807) is 12.4 Å². The molecule has 4 nitrogen and oxygen atoms in total. The first kappa shape index (κ1) is 13.1. The molecule has 1 aromatic heterocycles. The highest BCUT2D eigenvalue weighted by molar-refractivity contribution is 5.77. The summed E-state index contributed by atoms with van der Waals surface area (Å²) in [6.07, 6.45) is 3.40. The molecule has 0 bridgehead atoms. The van der Waals surface area contributed by atoms with Crippen molar-refractivity contribution in [2.75, 3.05) is 6.61 Å². The Kier molecular flexibility index (Phi) is 4.50. The van der Waals surface area contributed by atoms with E-state index in [2.05, 4.69) is 10.3 Å². The molecule has 0 atom stereocenters. The molecule has 2 rings (SSSR count). The largest absolute Gasteiger partial charge is 0.484 e. The topological polar surface area (TPSA) is 51.2 Å². The number of ether oxygens (including phenoxy) is 1. The monoisotopic (exact) mass is 256 g/mol. The normalized spacial score (nSPS) is 9.95. The van der Waals surface area contributed by atoms with Gasteiger partial charge in [0.25, 0.3) is 5.91 Å². The van der Waals surface area contributed by atoms with Gasteiger partial charge >= 0.3 is 0 Å². The highest BCUT2D eigenvalue weighted by Crippen LogP contribution is 2.11. The second-order valence-electron chi connectivity index (χ2n) is 4.24. The summed E-state index contributed by atoms with van der Waals surface area (Å²) in [6, 6.07) is 11.3. The first-order chi connectivity index (χ1) is 9.24. The molecule has 0 unspecified atom stereocenters. The summed E-state index contributed by atoms with van der Waals surface area (Å²) in [5.74, 6) is 0.567. The van der Waals surface area contributed by atoms with E-state index in [0.717, 1.165) is 11.1 Å². The fraction of sp³-hybridized carbons (Fsp3) is 0.200. The molecule has 4 heteroatoms. The number of rotatable bonds is 5. The van der Waals surface area contributed by atoms with Crippen LogP contribution in [0.1, 0.15) is 11.1 Å². The van der Waals surface area contributed by atoms with Crippen molar-refractivity contribution in [2.45, 2.75) is 13.5 Å². The average molecular weight is 256 g/mol. The maximum Gasteiger partial charge on any atom is 0.258 e. The Bertz CT molecular complexity index is 541. The molecular weight excluding hydrogens is 240 g/mol. The van der Waals surface area contributed by atoms with Crippen LogP contribution in [0.5, 0.6) is 5.75 Å². The van der Waals surface area contributed by atoms with Gasteiger partial charge in [-0.3, -0.25) is 9.78 Å². The van der Waals surface area contributed by atoms with Gasteiger partial charge < -0.3 is 10.1 Å². The molecule has 0 fully saturated rings. The molecule has 1 amide bonds. The lowest BCUT2D eigenvalue weighted by Gasteiger charge is -2.08. The molecular formula is C15H16N2O2. The molecule has 0 spiro atoms. The predicted molar refractivity (Wildman–Crippen MR) is 72.8 cm³/mol. The summed E-state index contributed by atoms with van der Waals surface area (Å²) in [4.78, 5) is 15.5. The number of aryl methyl sites for hydroxylation is 1. The van der Waals surface area contributed by atoms with Gasteiger partial charge in [0, 0.05) is 18.9 Å². The lowest BCUT2D eigenvalue weighted by molar-refractivity contribution is -0.123. The molecule has 2 aromatic rings. The first-order valence-electron chi connectivity index (χ1n) is 6.09. The Labute approximate surface area is 112 Å².